The number of nitrogens with one attached hydrogen (secondary N) is 2. The predicted octanol–water partition coefficient (Wildman–Crippen LogP) is 8.17. The smallest absolute Gasteiger partial charge is 0.324 e. The third kappa shape index (κ3) is 6.48. The van der Waals surface area contributed by atoms with Crippen LogP contribution in [-0.2, 0) is 30.1 Å². The summed E-state index contributed by atoms with van der Waals surface area (Å²) in [5.41, 5.74) is 7.02. The highest BCUT2D eigenvalue weighted by Crippen LogP contribution is 2.40. The normalized spacial score (nSPS) is 19.1. The Morgan fingerprint density at radius 3 is 2.35 bits per heavy atom. The highest BCUT2D eigenvalue weighted by atomic mass is 16.2. The average molecular weight is 643 g/mol. The summed E-state index contributed by atoms with van der Waals surface area (Å²) in [6.45, 7) is 8.40. The lowest BCUT2D eigenvalue weighted by Crippen LogP contribution is -2.47. The summed E-state index contributed by atoms with van der Waals surface area (Å²) >= 11 is 0. The number of rotatable bonds is 7. The number of aromatic nitrogens is 3. The van der Waals surface area contributed by atoms with Crippen LogP contribution in [0.2, 0.25) is 0 Å². The molecule has 2 aliphatic heterocycles. The second-order valence-corrected chi connectivity index (χ2v) is 14.9. The Kier molecular flexibility index (Phi) is 8.36. The van der Waals surface area contributed by atoms with Crippen LogP contribution < -0.4 is 10.6 Å². The van der Waals surface area contributed by atoms with Crippen LogP contribution in [0, 0.1) is 12.8 Å². The molecule has 248 valence electrons. The molecule has 0 aliphatic carbocycles. The van der Waals surface area contributed by atoms with E-state index in [0.29, 0.717) is 30.2 Å². The van der Waals surface area contributed by atoms with Gasteiger partial charge in [-0.3, -0.25) is 10.1 Å². The molecular weight excluding hydrogens is 596 g/mol. The third-order valence-electron chi connectivity index (χ3n) is 10.1. The molecule has 7 rings (SSSR count). The highest BCUT2D eigenvalue weighted by Gasteiger charge is 2.43. The average Bonchev–Trinajstić information content (AvgIpc) is 3.69. The Bertz CT molecular complexity index is 1950. The van der Waals surface area contributed by atoms with E-state index in [1.807, 2.05) is 61.6 Å². The molecule has 4 heterocycles. The Labute approximate surface area is 283 Å². The number of urea groups is 1. The molecular formula is C40H46N6O2. The van der Waals surface area contributed by atoms with Crippen molar-refractivity contribution in [2.75, 3.05) is 10.6 Å². The molecule has 2 fully saturated rings. The standard InChI is InChI=1S/C40H46N6O2/c1-26-13-15-31(16-14-26)46-37(24-36(43-46)40(2,3)4)42-39(48)41-30-10-8-9-27(20-30)19-28-21-32-17-18-33(22-28)45(32)38(47)23-29-25-44(5)35-12-7-6-11-34(29)35/h6-16,20,24-25,28,32-33H,17-19,21-23H2,1-5H3,(H2,41,42,48). The lowest BCUT2D eigenvalue weighted by Gasteiger charge is -2.39. The van der Waals surface area contributed by atoms with Crippen LogP contribution in [0.25, 0.3) is 16.6 Å². The van der Waals surface area contributed by atoms with Crippen molar-refractivity contribution in [1.29, 1.82) is 0 Å². The van der Waals surface area contributed by atoms with Crippen molar-refractivity contribution in [2.24, 2.45) is 13.0 Å². The maximum Gasteiger partial charge on any atom is 0.324 e. The summed E-state index contributed by atoms with van der Waals surface area (Å²) < 4.78 is 3.91. The van der Waals surface area contributed by atoms with Gasteiger partial charge in [0.1, 0.15) is 5.82 Å². The zero-order valence-corrected chi connectivity index (χ0v) is 28.7. The molecule has 2 aromatic heterocycles. The SMILES string of the molecule is Cc1ccc(-n2nc(C(C)(C)C)cc2NC(=O)Nc2cccc(CC3CC4CCC(C3)N4C(=O)Cc3cn(C)c4ccccc34)c2)cc1. The van der Waals surface area contributed by atoms with Crippen molar-refractivity contribution >= 4 is 34.3 Å². The van der Waals surface area contributed by atoms with Crippen LogP contribution in [0.5, 0.6) is 0 Å². The molecule has 0 saturated carbocycles. The van der Waals surface area contributed by atoms with Crippen molar-refractivity contribution < 1.29 is 9.59 Å². The van der Waals surface area contributed by atoms with Gasteiger partial charge in [0.2, 0.25) is 5.91 Å². The molecule has 2 saturated heterocycles. The Balaban J connectivity index is 0.989. The van der Waals surface area contributed by atoms with Gasteiger partial charge in [-0.2, -0.15) is 5.10 Å². The van der Waals surface area contributed by atoms with Crippen LogP contribution in [0.3, 0.4) is 0 Å². The molecule has 2 aliphatic rings. The monoisotopic (exact) mass is 642 g/mol. The summed E-state index contributed by atoms with van der Waals surface area (Å²) in [5, 5.41) is 12.1. The molecule has 2 bridgehead atoms. The zero-order chi connectivity index (χ0) is 33.6. The number of fused-ring (bicyclic) bond motifs is 3. The minimum absolute atomic E-state index is 0.170. The molecule has 5 aromatic rings. The second-order valence-electron chi connectivity index (χ2n) is 14.9. The number of carbonyl (C=O) groups is 2. The van der Waals surface area contributed by atoms with Gasteiger partial charge in [0.25, 0.3) is 0 Å². The fraction of sp³-hybridized carbons (Fsp3) is 0.375. The van der Waals surface area contributed by atoms with Crippen LogP contribution in [0.15, 0.2) is 85.1 Å². The molecule has 2 atom stereocenters. The number of aryl methyl sites for hydroxylation is 2. The first-order chi connectivity index (χ1) is 23.0. The number of piperidine rings is 1. The quantitative estimate of drug-likeness (QED) is 0.188. The van der Waals surface area contributed by atoms with E-state index in [1.165, 1.54) is 16.5 Å². The van der Waals surface area contributed by atoms with E-state index in [4.69, 9.17) is 5.10 Å². The van der Waals surface area contributed by atoms with E-state index >= 15 is 0 Å². The fourth-order valence-electron chi connectivity index (χ4n) is 7.79. The zero-order valence-electron chi connectivity index (χ0n) is 28.7. The van der Waals surface area contributed by atoms with Crippen LogP contribution >= 0.6 is 0 Å². The lowest BCUT2D eigenvalue weighted by molar-refractivity contribution is -0.135. The maximum absolute atomic E-state index is 13.7. The number of carbonyl (C=O) groups excluding carboxylic acids is 2. The molecule has 8 heteroatoms. The van der Waals surface area contributed by atoms with Gasteiger partial charge in [-0.05, 0) is 86.4 Å². The summed E-state index contributed by atoms with van der Waals surface area (Å²) in [5.74, 6) is 1.38. The van der Waals surface area contributed by atoms with Crippen LogP contribution in [-0.4, -0.2) is 43.3 Å². The van der Waals surface area contributed by atoms with Gasteiger partial charge < -0.3 is 14.8 Å². The third-order valence-corrected chi connectivity index (χ3v) is 10.1. The van der Waals surface area contributed by atoms with Crippen molar-refractivity contribution in [3.8, 4) is 5.69 Å². The van der Waals surface area contributed by atoms with E-state index in [9.17, 15) is 9.59 Å². The number of hydrogen-bond acceptors (Lipinski definition) is 3. The van der Waals surface area contributed by atoms with Gasteiger partial charge in [-0.25, -0.2) is 9.48 Å². The maximum atomic E-state index is 13.7. The number of nitrogens with zero attached hydrogens (tertiary/aromatic N) is 4. The molecule has 2 N–H and O–H groups in total. The minimum Gasteiger partial charge on any atom is -0.350 e. The molecule has 0 radical (unpaired) electrons. The molecule has 48 heavy (non-hydrogen) atoms. The van der Waals surface area contributed by atoms with Gasteiger partial charge in [-0.15, -0.1) is 0 Å². The second kappa shape index (κ2) is 12.6. The topological polar surface area (TPSA) is 84.2 Å². The number of anilines is 2. The number of para-hydroxylation sites is 1. The Hall–Kier alpha value is -4.85. The van der Waals surface area contributed by atoms with Gasteiger partial charge >= 0.3 is 6.03 Å². The fourth-order valence-corrected chi connectivity index (χ4v) is 7.79. The van der Waals surface area contributed by atoms with E-state index in [1.54, 1.807) is 4.68 Å². The lowest BCUT2D eigenvalue weighted by atomic mass is 9.85. The van der Waals surface area contributed by atoms with Crippen molar-refractivity contribution in [2.45, 2.75) is 83.7 Å². The summed E-state index contributed by atoms with van der Waals surface area (Å²) in [7, 11) is 2.05. The molecule has 3 amide bonds. The van der Waals surface area contributed by atoms with Crippen LogP contribution in [0.4, 0.5) is 16.3 Å². The molecule has 3 aromatic carbocycles. The van der Waals surface area contributed by atoms with E-state index in [-0.39, 0.29) is 17.4 Å². The number of hydrogen-bond donors (Lipinski definition) is 2. The Morgan fingerprint density at radius 2 is 1.62 bits per heavy atom. The first-order valence-electron chi connectivity index (χ1n) is 17.2. The molecule has 0 spiro atoms. The van der Waals surface area contributed by atoms with Gasteiger partial charge in [0, 0.05) is 53.4 Å². The number of benzene rings is 3. The molecule has 2 unspecified atom stereocenters. The van der Waals surface area contributed by atoms with Crippen molar-refractivity contribution in [3.63, 3.8) is 0 Å². The predicted molar refractivity (Wildman–Crippen MR) is 193 cm³/mol. The van der Waals surface area contributed by atoms with Crippen molar-refractivity contribution in [1.82, 2.24) is 19.2 Å². The van der Waals surface area contributed by atoms with Gasteiger partial charge in [-0.1, -0.05) is 68.8 Å². The van der Waals surface area contributed by atoms with Crippen LogP contribution in [0.1, 0.15) is 68.8 Å². The summed E-state index contributed by atoms with van der Waals surface area (Å²) in [6, 6.07) is 26.9. The van der Waals surface area contributed by atoms with E-state index in [0.717, 1.165) is 60.3 Å². The summed E-state index contributed by atoms with van der Waals surface area (Å²) in [4.78, 5) is 29.1. The molecule has 8 nitrogen and oxygen atoms in total. The number of amides is 3. The first kappa shape index (κ1) is 31.7. The van der Waals surface area contributed by atoms with E-state index < -0.39 is 0 Å². The first-order valence-corrected chi connectivity index (χ1v) is 17.2. The van der Waals surface area contributed by atoms with E-state index in [2.05, 4.69) is 78.3 Å². The minimum atomic E-state index is -0.308. The highest BCUT2D eigenvalue weighted by molar-refractivity contribution is 5.99. The largest absolute Gasteiger partial charge is 0.350 e. The summed E-state index contributed by atoms with van der Waals surface area (Å²) in [6.07, 6.45) is 7.72. The van der Waals surface area contributed by atoms with Gasteiger partial charge in [0.15, 0.2) is 0 Å². The van der Waals surface area contributed by atoms with Gasteiger partial charge in [0.05, 0.1) is 17.8 Å². The Morgan fingerprint density at radius 1 is 0.896 bits per heavy atom. The van der Waals surface area contributed by atoms with Crippen molar-refractivity contribution in [3.05, 3.63) is 107 Å².